The SMILES string of the molecule is CN(C)N1C(=O)CC(N2CCCCCC2)C1=O. The molecule has 2 heterocycles. The number of carbonyl (C=O) groups excluding carboxylic acids is 2. The number of hydrogen-bond acceptors (Lipinski definition) is 4. The molecule has 2 rings (SSSR count). The summed E-state index contributed by atoms with van der Waals surface area (Å²) in [5, 5.41) is 2.86. The molecule has 1 unspecified atom stereocenters. The number of imide groups is 1. The Hall–Kier alpha value is -0.940. The fourth-order valence-electron chi connectivity index (χ4n) is 2.72. The number of likely N-dealkylation sites (tertiary alicyclic amines) is 1. The predicted molar refractivity (Wildman–Crippen MR) is 64.0 cm³/mol. The van der Waals surface area contributed by atoms with Crippen LogP contribution in [0.25, 0.3) is 0 Å². The molecule has 1 atom stereocenters. The van der Waals surface area contributed by atoms with E-state index in [2.05, 4.69) is 4.90 Å². The fourth-order valence-corrected chi connectivity index (χ4v) is 2.72. The summed E-state index contributed by atoms with van der Waals surface area (Å²) in [6.45, 7) is 1.90. The summed E-state index contributed by atoms with van der Waals surface area (Å²) < 4.78 is 0. The summed E-state index contributed by atoms with van der Waals surface area (Å²) in [7, 11) is 3.47. The molecule has 2 aliphatic heterocycles. The molecule has 2 aliphatic rings. The molecule has 0 aromatic rings. The zero-order valence-corrected chi connectivity index (χ0v) is 10.7. The summed E-state index contributed by atoms with van der Waals surface area (Å²) in [6, 6.07) is -0.219. The van der Waals surface area contributed by atoms with Gasteiger partial charge in [-0.25, -0.2) is 10.0 Å². The maximum absolute atomic E-state index is 12.2. The van der Waals surface area contributed by atoms with Gasteiger partial charge in [0.1, 0.15) is 6.04 Å². The minimum atomic E-state index is -0.219. The minimum absolute atomic E-state index is 0.0538. The van der Waals surface area contributed by atoms with Gasteiger partial charge in [-0.15, -0.1) is 0 Å². The van der Waals surface area contributed by atoms with Crippen LogP contribution in [0.5, 0.6) is 0 Å². The van der Waals surface area contributed by atoms with Crippen LogP contribution in [-0.4, -0.2) is 60.0 Å². The molecule has 5 heteroatoms. The van der Waals surface area contributed by atoms with Gasteiger partial charge in [-0.1, -0.05) is 12.8 Å². The first-order chi connectivity index (χ1) is 8.11. The highest BCUT2D eigenvalue weighted by Gasteiger charge is 2.42. The third kappa shape index (κ3) is 2.50. The lowest BCUT2D eigenvalue weighted by Gasteiger charge is -2.27. The molecular weight excluding hydrogens is 218 g/mol. The van der Waals surface area contributed by atoms with Crippen LogP contribution in [0.1, 0.15) is 32.1 Å². The number of nitrogens with zero attached hydrogens (tertiary/aromatic N) is 3. The van der Waals surface area contributed by atoms with E-state index in [9.17, 15) is 9.59 Å². The van der Waals surface area contributed by atoms with E-state index < -0.39 is 0 Å². The molecule has 0 radical (unpaired) electrons. The molecule has 0 N–H and O–H groups in total. The Labute approximate surface area is 102 Å². The fraction of sp³-hybridized carbons (Fsp3) is 0.833. The Kier molecular flexibility index (Phi) is 3.79. The van der Waals surface area contributed by atoms with Crippen molar-refractivity contribution < 1.29 is 9.59 Å². The van der Waals surface area contributed by atoms with Crippen LogP contribution in [0, 0.1) is 0 Å². The van der Waals surface area contributed by atoms with Gasteiger partial charge < -0.3 is 0 Å². The molecule has 0 aliphatic carbocycles. The molecule has 96 valence electrons. The van der Waals surface area contributed by atoms with Crippen LogP contribution in [0.15, 0.2) is 0 Å². The standard InChI is InChI=1S/C12H21N3O2/c1-13(2)15-11(16)9-10(12(15)17)14-7-5-3-4-6-8-14/h10H,3-9H2,1-2H3. The van der Waals surface area contributed by atoms with Crippen molar-refractivity contribution in [1.82, 2.24) is 14.9 Å². The number of hydrogen-bond donors (Lipinski definition) is 0. The van der Waals surface area contributed by atoms with E-state index in [1.807, 2.05) is 0 Å². The number of amides is 2. The number of carbonyl (C=O) groups is 2. The van der Waals surface area contributed by atoms with Crippen LogP contribution < -0.4 is 0 Å². The Morgan fingerprint density at radius 2 is 1.65 bits per heavy atom. The van der Waals surface area contributed by atoms with E-state index in [0.29, 0.717) is 6.42 Å². The monoisotopic (exact) mass is 239 g/mol. The highest BCUT2D eigenvalue weighted by Crippen LogP contribution is 2.22. The smallest absolute Gasteiger partial charge is 0.261 e. The lowest BCUT2D eigenvalue weighted by Crippen LogP contribution is -2.46. The average Bonchev–Trinajstić information content (AvgIpc) is 2.48. The Bertz CT molecular complexity index is 309. The number of hydrazine groups is 1. The topological polar surface area (TPSA) is 43.9 Å². The molecule has 0 spiro atoms. The van der Waals surface area contributed by atoms with E-state index in [0.717, 1.165) is 25.9 Å². The van der Waals surface area contributed by atoms with Crippen molar-refractivity contribution in [2.75, 3.05) is 27.2 Å². The molecule has 2 fully saturated rings. The normalized spacial score (nSPS) is 27.9. The lowest BCUT2D eigenvalue weighted by atomic mass is 10.2. The van der Waals surface area contributed by atoms with E-state index >= 15 is 0 Å². The van der Waals surface area contributed by atoms with Gasteiger partial charge in [0, 0.05) is 14.1 Å². The van der Waals surface area contributed by atoms with E-state index in [-0.39, 0.29) is 17.9 Å². The molecule has 0 aromatic heterocycles. The van der Waals surface area contributed by atoms with Gasteiger partial charge >= 0.3 is 0 Å². The second-order valence-electron chi connectivity index (χ2n) is 5.06. The third-order valence-electron chi connectivity index (χ3n) is 3.58. The van der Waals surface area contributed by atoms with Crippen molar-refractivity contribution in [3.8, 4) is 0 Å². The first kappa shape index (κ1) is 12.5. The maximum atomic E-state index is 12.2. The van der Waals surface area contributed by atoms with Crippen LogP contribution in [0.2, 0.25) is 0 Å². The average molecular weight is 239 g/mol. The van der Waals surface area contributed by atoms with Crippen LogP contribution in [0.4, 0.5) is 0 Å². The van der Waals surface area contributed by atoms with Crippen LogP contribution >= 0.6 is 0 Å². The van der Waals surface area contributed by atoms with E-state index in [1.54, 1.807) is 19.1 Å². The molecule has 0 saturated carbocycles. The Morgan fingerprint density at radius 3 is 2.12 bits per heavy atom. The van der Waals surface area contributed by atoms with Crippen molar-refractivity contribution in [1.29, 1.82) is 0 Å². The molecule has 2 saturated heterocycles. The quantitative estimate of drug-likeness (QED) is 0.657. The molecule has 0 bridgehead atoms. The first-order valence-electron chi connectivity index (χ1n) is 6.39. The second-order valence-corrected chi connectivity index (χ2v) is 5.06. The highest BCUT2D eigenvalue weighted by atomic mass is 16.2. The van der Waals surface area contributed by atoms with Crippen molar-refractivity contribution in [2.24, 2.45) is 0 Å². The molecule has 2 amide bonds. The Balaban J connectivity index is 2.07. The lowest BCUT2D eigenvalue weighted by molar-refractivity contribution is -0.154. The van der Waals surface area contributed by atoms with Gasteiger partial charge in [0.15, 0.2) is 0 Å². The zero-order valence-electron chi connectivity index (χ0n) is 10.7. The summed E-state index contributed by atoms with van der Waals surface area (Å²) >= 11 is 0. The summed E-state index contributed by atoms with van der Waals surface area (Å²) in [6.07, 6.45) is 5.10. The van der Waals surface area contributed by atoms with E-state index in [4.69, 9.17) is 0 Å². The summed E-state index contributed by atoms with van der Waals surface area (Å²) in [5.74, 6) is -0.129. The summed E-state index contributed by atoms with van der Waals surface area (Å²) in [4.78, 5) is 26.2. The molecule has 5 nitrogen and oxygen atoms in total. The van der Waals surface area contributed by atoms with Gasteiger partial charge in [-0.05, 0) is 25.9 Å². The third-order valence-corrected chi connectivity index (χ3v) is 3.58. The largest absolute Gasteiger partial charge is 0.291 e. The minimum Gasteiger partial charge on any atom is -0.291 e. The van der Waals surface area contributed by atoms with E-state index in [1.165, 1.54) is 17.9 Å². The van der Waals surface area contributed by atoms with Gasteiger partial charge in [0.05, 0.1) is 6.42 Å². The maximum Gasteiger partial charge on any atom is 0.261 e. The molecule has 17 heavy (non-hydrogen) atoms. The van der Waals surface area contributed by atoms with Crippen molar-refractivity contribution in [2.45, 2.75) is 38.1 Å². The molecule has 0 aromatic carbocycles. The summed E-state index contributed by atoms with van der Waals surface area (Å²) in [5.41, 5.74) is 0. The van der Waals surface area contributed by atoms with Gasteiger partial charge in [0.2, 0.25) is 5.91 Å². The zero-order chi connectivity index (χ0) is 12.4. The van der Waals surface area contributed by atoms with Crippen molar-refractivity contribution >= 4 is 11.8 Å². The van der Waals surface area contributed by atoms with Gasteiger partial charge in [-0.2, -0.15) is 0 Å². The van der Waals surface area contributed by atoms with Crippen molar-refractivity contribution in [3.05, 3.63) is 0 Å². The van der Waals surface area contributed by atoms with Crippen LogP contribution in [0.3, 0.4) is 0 Å². The number of rotatable bonds is 2. The van der Waals surface area contributed by atoms with Gasteiger partial charge in [0.25, 0.3) is 5.91 Å². The first-order valence-corrected chi connectivity index (χ1v) is 6.39. The van der Waals surface area contributed by atoms with Crippen LogP contribution in [-0.2, 0) is 9.59 Å². The Morgan fingerprint density at radius 1 is 1.06 bits per heavy atom. The predicted octanol–water partition coefficient (Wildman–Crippen LogP) is 0.466. The highest BCUT2D eigenvalue weighted by molar-refractivity contribution is 6.04. The van der Waals surface area contributed by atoms with Gasteiger partial charge in [-0.3, -0.25) is 14.5 Å². The van der Waals surface area contributed by atoms with Crippen molar-refractivity contribution in [3.63, 3.8) is 0 Å². The second kappa shape index (κ2) is 5.14. The molecular formula is C12H21N3O2.